The Bertz CT molecular complexity index is 299. The summed E-state index contributed by atoms with van der Waals surface area (Å²) in [6.45, 7) is 3.48. The molecule has 1 amide bonds. The fraction of sp³-hybridized carbons (Fsp3) is 0.909. The van der Waals surface area contributed by atoms with E-state index >= 15 is 0 Å². The first kappa shape index (κ1) is 12.8. The second-order valence-corrected chi connectivity index (χ2v) is 4.76. The predicted molar refractivity (Wildman–Crippen MR) is 60.3 cm³/mol. The second-order valence-electron chi connectivity index (χ2n) is 4.76. The fourth-order valence-electron chi connectivity index (χ4n) is 2.84. The van der Waals surface area contributed by atoms with Crippen LogP contribution in [0.4, 0.5) is 0 Å². The van der Waals surface area contributed by atoms with Crippen LogP contribution in [-0.2, 0) is 4.79 Å². The molecule has 98 valence electrons. The van der Waals surface area contributed by atoms with Gasteiger partial charge >= 0.3 is 0 Å². The summed E-state index contributed by atoms with van der Waals surface area (Å²) < 4.78 is 0. The van der Waals surface area contributed by atoms with E-state index in [1.54, 1.807) is 0 Å². The molecule has 6 nitrogen and oxygen atoms in total. The fourth-order valence-corrected chi connectivity index (χ4v) is 2.84. The van der Waals surface area contributed by atoms with E-state index in [2.05, 4.69) is 0 Å². The van der Waals surface area contributed by atoms with Gasteiger partial charge in [0.15, 0.2) is 0 Å². The Hall–Kier alpha value is -0.690. The lowest BCUT2D eigenvalue weighted by atomic mass is 10.1. The van der Waals surface area contributed by atoms with Gasteiger partial charge in [-0.2, -0.15) is 0 Å². The van der Waals surface area contributed by atoms with Crippen LogP contribution in [0.5, 0.6) is 0 Å². The Morgan fingerprint density at radius 2 is 2.06 bits per heavy atom. The second kappa shape index (κ2) is 4.89. The third kappa shape index (κ3) is 2.06. The molecular formula is C11H20N2O4. The number of aliphatic hydroxyl groups excluding tert-OH is 3. The van der Waals surface area contributed by atoms with Crippen LogP contribution in [-0.4, -0.2) is 81.6 Å². The number of hydrogen-bond donors (Lipinski definition) is 3. The molecule has 2 unspecified atom stereocenters. The highest BCUT2D eigenvalue weighted by atomic mass is 16.3. The van der Waals surface area contributed by atoms with Crippen molar-refractivity contribution in [1.29, 1.82) is 0 Å². The largest absolute Gasteiger partial charge is 0.394 e. The lowest BCUT2D eigenvalue weighted by molar-refractivity contribution is -0.135. The summed E-state index contributed by atoms with van der Waals surface area (Å²) in [5.41, 5.74) is 0. The molecule has 0 saturated carbocycles. The van der Waals surface area contributed by atoms with Crippen LogP contribution in [0.25, 0.3) is 0 Å². The van der Waals surface area contributed by atoms with Crippen LogP contribution >= 0.6 is 0 Å². The minimum Gasteiger partial charge on any atom is -0.394 e. The molecule has 2 heterocycles. The van der Waals surface area contributed by atoms with Crippen molar-refractivity contribution in [2.75, 3.05) is 26.2 Å². The van der Waals surface area contributed by atoms with E-state index in [0.717, 1.165) is 13.1 Å². The lowest BCUT2D eigenvalue weighted by Gasteiger charge is -2.27. The van der Waals surface area contributed by atoms with Crippen molar-refractivity contribution >= 4 is 5.91 Å². The first-order valence-corrected chi connectivity index (χ1v) is 6.10. The number of likely N-dealkylation sites (N-methyl/N-ethyl adjacent to an activating group) is 1. The van der Waals surface area contributed by atoms with Gasteiger partial charge in [0.1, 0.15) is 12.2 Å². The van der Waals surface area contributed by atoms with Gasteiger partial charge in [0.05, 0.1) is 25.2 Å². The molecule has 0 aliphatic carbocycles. The van der Waals surface area contributed by atoms with Crippen LogP contribution in [0.2, 0.25) is 0 Å². The molecule has 0 spiro atoms. The minimum atomic E-state index is -1.04. The van der Waals surface area contributed by atoms with Gasteiger partial charge in [-0.1, -0.05) is 6.92 Å². The van der Waals surface area contributed by atoms with Crippen molar-refractivity contribution in [3.63, 3.8) is 0 Å². The quantitative estimate of drug-likeness (QED) is 0.523. The average molecular weight is 244 g/mol. The van der Waals surface area contributed by atoms with E-state index in [9.17, 15) is 20.1 Å². The molecule has 2 aliphatic rings. The molecule has 0 aromatic rings. The molecule has 17 heavy (non-hydrogen) atoms. The number of rotatable bonds is 2. The van der Waals surface area contributed by atoms with Gasteiger partial charge in [0.25, 0.3) is 0 Å². The molecule has 2 rings (SSSR count). The lowest BCUT2D eigenvalue weighted by Crippen LogP contribution is -2.46. The van der Waals surface area contributed by atoms with E-state index < -0.39 is 18.2 Å². The van der Waals surface area contributed by atoms with E-state index in [1.165, 1.54) is 4.90 Å². The topological polar surface area (TPSA) is 84.2 Å². The van der Waals surface area contributed by atoms with Gasteiger partial charge in [0.2, 0.25) is 5.91 Å². The molecule has 2 fully saturated rings. The summed E-state index contributed by atoms with van der Waals surface area (Å²) in [5.74, 6) is -0.121. The molecule has 0 aromatic carbocycles. The number of hydrogen-bond acceptors (Lipinski definition) is 5. The van der Waals surface area contributed by atoms with Crippen molar-refractivity contribution in [3.05, 3.63) is 0 Å². The Morgan fingerprint density at radius 1 is 1.35 bits per heavy atom. The van der Waals surface area contributed by atoms with Crippen LogP contribution in [0.15, 0.2) is 0 Å². The van der Waals surface area contributed by atoms with Crippen LogP contribution < -0.4 is 0 Å². The highest BCUT2D eigenvalue weighted by molar-refractivity contribution is 5.80. The van der Waals surface area contributed by atoms with Crippen molar-refractivity contribution in [1.82, 2.24) is 9.80 Å². The molecular weight excluding hydrogens is 224 g/mol. The molecule has 2 aliphatic heterocycles. The molecule has 6 heteroatoms. The number of nitrogens with zero attached hydrogens (tertiary/aromatic N) is 2. The number of aliphatic hydroxyl groups is 3. The first-order chi connectivity index (χ1) is 8.10. The zero-order valence-electron chi connectivity index (χ0n) is 9.99. The maximum atomic E-state index is 12.1. The van der Waals surface area contributed by atoms with E-state index in [-0.39, 0.29) is 18.6 Å². The Kier molecular flexibility index (Phi) is 3.67. The number of carbonyl (C=O) groups is 1. The Labute approximate surface area is 100 Å². The minimum absolute atomic E-state index is 0.121. The van der Waals surface area contributed by atoms with Gasteiger partial charge in [-0.25, -0.2) is 0 Å². The average Bonchev–Trinajstić information content (AvgIpc) is 2.48. The normalized spacial score (nSPS) is 39.3. The third-order valence-electron chi connectivity index (χ3n) is 3.88. The molecule has 3 N–H and O–H groups in total. The smallest absolute Gasteiger partial charge is 0.237 e. The van der Waals surface area contributed by atoms with Gasteiger partial charge in [-0.15, -0.1) is 0 Å². The van der Waals surface area contributed by atoms with Crippen molar-refractivity contribution in [2.24, 2.45) is 0 Å². The van der Waals surface area contributed by atoms with Gasteiger partial charge < -0.3 is 20.2 Å². The van der Waals surface area contributed by atoms with Crippen molar-refractivity contribution in [2.45, 2.75) is 37.6 Å². The van der Waals surface area contributed by atoms with E-state index in [1.807, 2.05) is 11.8 Å². The summed E-state index contributed by atoms with van der Waals surface area (Å²) in [6.07, 6.45) is -1.36. The zero-order chi connectivity index (χ0) is 12.6. The van der Waals surface area contributed by atoms with Gasteiger partial charge in [0, 0.05) is 6.54 Å². The van der Waals surface area contributed by atoms with Crippen molar-refractivity contribution < 1.29 is 20.1 Å². The monoisotopic (exact) mass is 244 g/mol. The standard InChI is InChI=1S/C11H20N2O4/c1-2-12-4-3-7-10(16)11(17)8(6-14)13(7)9(15)5-12/h7-8,10-11,14,16-17H,2-6H2,1H3/t7?,8-,10?,11-/m0/s1. The molecule has 0 aromatic heterocycles. The van der Waals surface area contributed by atoms with Crippen LogP contribution in [0.1, 0.15) is 13.3 Å². The van der Waals surface area contributed by atoms with E-state index in [4.69, 9.17) is 0 Å². The Balaban J connectivity index is 2.22. The molecule has 0 bridgehead atoms. The molecule has 0 radical (unpaired) electrons. The van der Waals surface area contributed by atoms with Gasteiger partial charge in [-0.3, -0.25) is 9.69 Å². The summed E-state index contributed by atoms with van der Waals surface area (Å²) >= 11 is 0. The van der Waals surface area contributed by atoms with Crippen molar-refractivity contribution in [3.8, 4) is 0 Å². The summed E-state index contributed by atoms with van der Waals surface area (Å²) in [5, 5.41) is 29.0. The zero-order valence-corrected chi connectivity index (χ0v) is 9.99. The van der Waals surface area contributed by atoms with Crippen LogP contribution in [0, 0.1) is 0 Å². The maximum Gasteiger partial charge on any atom is 0.237 e. The number of carbonyl (C=O) groups excluding carboxylic acids is 1. The highest BCUT2D eigenvalue weighted by Gasteiger charge is 2.50. The maximum absolute atomic E-state index is 12.1. The SMILES string of the molecule is CCN1CCC2C(O)[C@@H](O)[C@H](CO)N2C(=O)C1. The highest BCUT2D eigenvalue weighted by Crippen LogP contribution is 2.29. The molecule has 2 saturated heterocycles. The van der Waals surface area contributed by atoms with E-state index in [0.29, 0.717) is 13.0 Å². The van der Waals surface area contributed by atoms with Crippen LogP contribution in [0.3, 0.4) is 0 Å². The number of amides is 1. The summed E-state index contributed by atoms with van der Waals surface area (Å²) in [7, 11) is 0. The molecule has 4 atom stereocenters. The van der Waals surface area contributed by atoms with Gasteiger partial charge in [-0.05, 0) is 13.0 Å². The predicted octanol–water partition coefficient (Wildman–Crippen LogP) is -1.99. The summed E-state index contributed by atoms with van der Waals surface area (Å²) in [4.78, 5) is 15.6. The number of fused-ring (bicyclic) bond motifs is 1. The first-order valence-electron chi connectivity index (χ1n) is 6.10. The summed E-state index contributed by atoms with van der Waals surface area (Å²) in [6, 6.07) is -1.04. The Morgan fingerprint density at radius 3 is 2.65 bits per heavy atom. The third-order valence-corrected chi connectivity index (χ3v) is 3.88.